The minimum absolute atomic E-state index is 0.213. The Morgan fingerprint density at radius 1 is 1.31 bits per heavy atom. The molecule has 0 aliphatic rings. The van der Waals surface area contributed by atoms with Crippen molar-refractivity contribution < 1.29 is 22.8 Å². The highest BCUT2D eigenvalue weighted by atomic mass is 79.9. The van der Waals surface area contributed by atoms with Crippen LogP contribution in [0.5, 0.6) is 0 Å². The molecule has 0 aliphatic heterocycles. The molecule has 0 saturated carbocycles. The molecule has 0 radical (unpaired) electrons. The number of carbonyl (C=O) groups is 1. The van der Waals surface area contributed by atoms with Gasteiger partial charge < -0.3 is 0 Å². The van der Waals surface area contributed by atoms with E-state index in [1.54, 1.807) is 17.6 Å². The third kappa shape index (κ3) is 4.63. The Balaban J connectivity index is 2.44. The van der Waals surface area contributed by atoms with Gasteiger partial charge >= 0.3 is 6.18 Å². The Labute approximate surface area is 97.7 Å². The summed E-state index contributed by atoms with van der Waals surface area (Å²) in [5.74, 6) is -0.725. The smallest absolute Gasteiger partial charge is 0.267 e. The highest BCUT2D eigenvalue weighted by molar-refractivity contribution is 9.10. The van der Waals surface area contributed by atoms with Crippen molar-refractivity contribution >= 4 is 21.8 Å². The van der Waals surface area contributed by atoms with Crippen molar-refractivity contribution in [1.29, 1.82) is 0 Å². The number of nitrogens with one attached hydrogen (secondary N) is 1. The molecule has 1 aromatic rings. The first-order valence-corrected chi connectivity index (χ1v) is 4.92. The van der Waals surface area contributed by atoms with Crippen LogP contribution in [0.2, 0.25) is 0 Å². The van der Waals surface area contributed by atoms with Gasteiger partial charge in [0.25, 0.3) is 5.91 Å². The number of hydroxylamine groups is 1. The molecular formula is C9H7BrF3NO2. The Kier molecular flexibility index (Phi) is 4.31. The zero-order valence-corrected chi connectivity index (χ0v) is 9.43. The molecule has 1 rings (SSSR count). The van der Waals surface area contributed by atoms with Gasteiger partial charge in [0.15, 0.2) is 6.61 Å². The van der Waals surface area contributed by atoms with Crippen LogP contribution in [-0.4, -0.2) is 18.7 Å². The van der Waals surface area contributed by atoms with Crippen molar-refractivity contribution in [2.45, 2.75) is 6.18 Å². The molecule has 88 valence electrons. The van der Waals surface area contributed by atoms with Gasteiger partial charge in [-0.2, -0.15) is 13.2 Å². The highest BCUT2D eigenvalue weighted by Crippen LogP contribution is 2.14. The van der Waals surface area contributed by atoms with Gasteiger partial charge in [0.05, 0.1) is 0 Å². The quantitative estimate of drug-likeness (QED) is 0.871. The summed E-state index contributed by atoms with van der Waals surface area (Å²) in [6, 6.07) is 6.10. The second-order valence-corrected chi connectivity index (χ2v) is 3.76. The maximum absolute atomic E-state index is 11.7. The molecule has 0 heterocycles. The van der Waals surface area contributed by atoms with E-state index < -0.39 is 18.7 Å². The van der Waals surface area contributed by atoms with E-state index in [1.165, 1.54) is 12.1 Å². The molecule has 0 atom stereocenters. The fourth-order valence-electron chi connectivity index (χ4n) is 0.844. The van der Waals surface area contributed by atoms with E-state index in [0.717, 1.165) is 4.47 Å². The molecule has 0 aromatic heterocycles. The van der Waals surface area contributed by atoms with E-state index in [-0.39, 0.29) is 5.56 Å². The number of alkyl halides is 3. The molecule has 16 heavy (non-hydrogen) atoms. The molecule has 1 N–H and O–H groups in total. The normalized spacial score (nSPS) is 11.2. The number of rotatable bonds is 3. The van der Waals surface area contributed by atoms with Crippen LogP contribution < -0.4 is 5.48 Å². The van der Waals surface area contributed by atoms with Gasteiger partial charge in [0.1, 0.15) is 0 Å². The van der Waals surface area contributed by atoms with Gasteiger partial charge in [0, 0.05) is 10.0 Å². The van der Waals surface area contributed by atoms with Crippen molar-refractivity contribution in [3.63, 3.8) is 0 Å². The Morgan fingerprint density at radius 3 is 2.38 bits per heavy atom. The first-order chi connectivity index (χ1) is 7.38. The Hall–Kier alpha value is -1.08. The number of carbonyl (C=O) groups excluding carboxylic acids is 1. The molecule has 0 fully saturated rings. The minimum atomic E-state index is -4.47. The highest BCUT2D eigenvalue weighted by Gasteiger charge is 2.28. The third-order valence-electron chi connectivity index (χ3n) is 1.51. The van der Waals surface area contributed by atoms with Crippen LogP contribution in [0.25, 0.3) is 0 Å². The second kappa shape index (κ2) is 5.31. The summed E-state index contributed by atoms with van der Waals surface area (Å²) in [5, 5.41) is 0. The molecule has 3 nitrogen and oxygen atoms in total. The van der Waals surface area contributed by atoms with Crippen molar-refractivity contribution in [3.05, 3.63) is 34.3 Å². The fraction of sp³-hybridized carbons (Fsp3) is 0.222. The first-order valence-electron chi connectivity index (χ1n) is 4.13. The Morgan fingerprint density at radius 2 is 1.88 bits per heavy atom. The lowest BCUT2D eigenvalue weighted by Crippen LogP contribution is -2.29. The SMILES string of the molecule is O=C(NOCC(F)(F)F)c1ccc(Br)cc1. The molecule has 0 unspecified atom stereocenters. The van der Waals surface area contributed by atoms with Crippen LogP contribution in [0.4, 0.5) is 13.2 Å². The summed E-state index contributed by atoms with van der Waals surface area (Å²) in [7, 11) is 0. The van der Waals surface area contributed by atoms with E-state index in [4.69, 9.17) is 0 Å². The minimum Gasteiger partial charge on any atom is -0.267 e. The summed E-state index contributed by atoms with van der Waals surface area (Å²) >= 11 is 3.16. The average Bonchev–Trinajstić information content (AvgIpc) is 2.16. The summed E-state index contributed by atoms with van der Waals surface area (Å²) in [5.41, 5.74) is 1.91. The molecule has 7 heteroatoms. The number of hydrogen-bond donors (Lipinski definition) is 1. The van der Waals surface area contributed by atoms with Crippen LogP contribution in [-0.2, 0) is 4.84 Å². The van der Waals surface area contributed by atoms with Gasteiger partial charge in [-0.3, -0.25) is 9.63 Å². The van der Waals surface area contributed by atoms with Gasteiger partial charge in [-0.25, -0.2) is 5.48 Å². The topological polar surface area (TPSA) is 38.3 Å². The lowest BCUT2D eigenvalue weighted by atomic mass is 10.2. The second-order valence-electron chi connectivity index (χ2n) is 2.84. The van der Waals surface area contributed by atoms with Crippen molar-refractivity contribution in [1.82, 2.24) is 5.48 Å². The van der Waals surface area contributed by atoms with Gasteiger partial charge in [0.2, 0.25) is 0 Å². The van der Waals surface area contributed by atoms with Crippen molar-refractivity contribution in [3.8, 4) is 0 Å². The van der Waals surface area contributed by atoms with Gasteiger partial charge in [-0.15, -0.1) is 0 Å². The van der Waals surface area contributed by atoms with Crippen LogP contribution in [0.1, 0.15) is 10.4 Å². The van der Waals surface area contributed by atoms with Crippen LogP contribution in [0, 0.1) is 0 Å². The summed E-state index contributed by atoms with van der Waals surface area (Å²) in [6.07, 6.45) is -4.47. The summed E-state index contributed by atoms with van der Waals surface area (Å²) in [6.45, 7) is -1.52. The monoisotopic (exact) mass is 297 g/mol. The van der Waals surface area contributed by atoms with E-state index in [1.807, 2.05) is 0 Å². The maximum atomic E-state index is 11.7. The van der Waals surface area contributed by atoms with E-state index in [9.17, 15) is 18.0 Å². The number of hydrogen-bond acceptors (Lipinski definition) is 2. The summed E-state index contributed by atoms with van der Waals surface area (Å²) < 4.78 is 35.8. The van der Waals surface area contributed by atoms with E-state index >= 15 is 0 Å². The molecule has 0 aliphatic carbocycles. The molecular weight excluding hydrogens is 291 g/mol. The van der Waals surface area contributed by atoms with Crippen LogP contribution in [0.15, 0.2) is 28.7 Å². The molecule has 0 saturated heterocycles. The first kappa shape index (κ1) is 13.0. The fourth-order valence-corrected chi connectivity index (χ4v) is 1.11. The summed E-state index contributed by atoms with van der Waals surface area (Å²) in [4.78, 5) is 15.2. The average molecular weight is 298 g/mol. The largest absolute Gasteiger partial charge is 0.414 e. The third-order valence-corrected chi connectivity index (χ3v) is 2.04. The van der Waals surface area contributed by atoms with E-state index in [2.05, 4.69) is 20.8 Å². The van der Waals surface area contributed by atoms with Gasteiger partial charge in [-0.1, -0.05) is 15.9 Å². The maximum Gasteiger partial charge on any atom is 0.414 e. The Bertz CT molecular complexity index is 364. The lowest BCUT2D eigenvalue weighted by Gasteiger charge is -2.08. The standard InChI is InChI=1S/C9H7BrF3NO2/c10-7-3-1-6(2-4-7)8(15)14-16-5-9(11,12)13/h1-4H,5H2,(H,14,15). The number of benzene rings is 1. The van der Waals surface area contributed by atoms with Crippen LogP contribution in [0.3, 0.4) is 0 Å². The molecule has 1 amide bonds. The molecule has 0 bridgehead atoms. The molecule has 0 spiro atoms. The van der Waals surface area contributed by atoms with E-state index in [0.29, 0.717) is 0 Å². The number of halogens is 4. The van der Waals surface area contributed by atoms with Crippen molar-refractivity contribution in [2.24, 2.45) is 0 Å². The van der Waals surface area contributed by atoms with Crippen LogP contribution >= 0.6 is 15.9 Å². The van der Waals surface area contributed by atoms with Gasteiger partial charge in [-0.05, 0) is 24.3 Å². The number of amides is 1. The zero-order valence-electron chi connectivity index (χ0n) is 7.84. The predicted octanol–water partition coefficient (Wildman–Crippen LogP) is 2.67. The van der Waals surface area contributed by atoms with Crippen molar-refractivity contribution in [2.75, 3.05) is 6.61 Å². The molecule has 1 aromatic carbocycles. The predicted molar refractivity (Wildman–Crippen MR) is 53.6 cm³/mol. The lowest BCUT2D eigenvalue weighted by molar-refractivity contribution is -0.184. The zero-order chi connectivity index (χ0) is 12.2.